The number of anilines is 1. The fourth-order valence-electron chi connectivity index (χ4n) is 4.67. The molecule has 1 N–H and O–H groups in total. The molecule has 0 bridgehead atoms. The highest BCUT2D eigenvalue weighted by molar-refractivity contribution is 8.76. The number of H-pyrrole nitrogens is 1. The molecular formula is C26H36N6O3S3. The van der Waals surface area contributed by atoms with E-state index in [9.17, 15) is 9.59 Å². The van der Waals surface area contributed by atoms with Crippen LogP contribution < -0.4 is 4.90 Å². The minimum absolute atomic E-state index is 0.00988. The Morgan fingerprint density at radius 2 is 1.89 bits per heavy atom. The summed E-state index contributed by atoms with van der Waals surface area (Å²) >= 11 is 1.57. The molecule has 5 heterocycles. The van der Waals surface area contributed by atoms with Gasteiger partial charge in [0.2, 0.25) is 0 Å². The smallest absolute Gasteiger partial charge is 0.414 e. The lowest BCUT2D eigenvalue weighted by Crippen LogP contribution is -2.40. The van der Waals surface area contributed by atoms with Gasteiger partial charge < -0.3 is 19.5 Å². The van der Waals surface area contributed by atoms with Crippen LogP contribution in [0.1, 0.15) is 39.2 Å². The van der Waals surface area contributed by atoms with Gasteiger partial charge in [-0.3, -0.25) is 9.69 Å². The highest BCUT2D eigenvalue weighted by Gasteiger charge is 2.37. The van der Waals surface area contributed by atoms with E-state index in [0.717, 1.165) is 58.8 Å². The zero-order chi connectivity index (χ0) is 27.4. The van der Waals surface area contributed by atoms with Gasteiger partial charge in [0.25, 0.3) is 5.91 Å². The van der Waals surface area contributed by atoms with E-state index >= 15 is 0 Å². The third-order valence-corrected chi connectivity index (χ3v) is 8.69. The quantitative estimate of drug-likeness (QED) is 0.481. The summed E-state index contributed by atoms with van der Waals surface area (Å²) < 4.78 is 5.61. The van der Waals surface area contributed by atoms with Crippen molar-refractivity contribution >= 4 is 62.2 Å². The molecule has 2 aromatic rings. The number of nitrogens with one attached hydrogen (secondary N) is 1. The first kappa shape index (κ1) is 28.7. The molecule has 9 nitrogen and oxygen atoms in total. The van der Waals surface area contributed by atoms with Gasteiger partial charge in [-0.15, -0.1) is 11.8 Å². The molecule has 0 aliphatic carbocycles. The minimum Gasteiger partial charge on any atom is -0.443 e. The summed E-state index contributed by atoms with van der Waals surface area (Å²) in [6.45, 7) is 10.0. The normalized spacial score (nSPS) is 17.7. The van der Waals surface area contributed by atoms with Gasteiger partial charge >= 0.3 is 6.09 Å². The number of rotatable bonds is 3. The molecule has 206 valence electrons. The number of amides is 2. The van der Waals surface area contributed by atoms with Gasteiger partial charge in [0, 0.05) is 43.5 Å². The predicted octanol–water partition coefficient (Wildman–Crippen LogP) is 5.42. The second-order valence-electron chi connectivity index (χ2n) is 10.2. The van der Waals surface area contributed by atoms with Crippen LogP contribution >= 0.6 is 33.3 Å². The number of hydrogen-bond acceptors (Lipinski definition) is 9. The first-order valence-electron chi connectivity index (χ1n) is 12.6. The zero-order valence-electron chi connectivity index (χ0n) is 22.9. The SMILES string of the molecule is CSSC.Cc1c[nH]c2ncnc(N3C=C(C(=O)N4CC5=C(C4)N(C(=O)OC(C)(C)C)CCC5)SCC3)c12. The molecule has 3 aliphatic heterocycles. The molecule has 0 saturated heterocycles. The Morgan fingerprint density at radius 1 is 1.13 bits per heavy atom. The average molecular weight is 577 g/mol. The first-order chi connectivity index (χ1) is 18.1. The Kier molecular flexibility index (Phi) is 9.25. The maximum atomic E-state index is 13.5. The van der Waals surface area contributed by atoms with Crippen LogP contribution in [0, 0.1) is 6.92 Å². The Balaban J connectivity index is 0.000000786. The van der Waals surface area contributed by atoms with E-state index in [2.05, 4.69) is 27.5 Å². The van der Waals surface area contributed by atoms with Gasteiger partial charge in [0.1, 0.15) is 23.4 Å². The second kappa shape index (κ2) is 12.3. The summed E-state index contributed by atoms with van der Waals surface area (Å²) in [5.41, 5.74) is 3.39. The average Bonchev–Trinajstić information content (AvgIpc) is 3.51. The van der Waals surface area contributed by atoms with Crippen molar-refractivity contribution in [2.24, 2.45) is 0 Å². The second-order valence-corrected chi connectivity index (χ2v) is 14.0. The molecule has 0 fully saturated rings. The van der Waals surface area contributed by atoms with Crippen LogP contribution in [0.25, 0.3) is 11.0 Å². The van der Waals surface area contributed by atoms with Crippen molar-refractivity contribution in [3.63, 3.8) is 0 Å². The Morgan fingerprint density at radius 3 is 2.61 bits per heavy atom. The Labute approximate surface area is 236 Å². The van der Waals surface area contributed by atoms with Gasteiger partial charge in [0.15, 0.2) is 0 Å². The van der Waals surface area contributed by atoms with Crippen LogP contribution in [0.15, 0.2) is 34.9 Å². The number of fused-ring (bicyclic) bond motifs is 1. The lowest BCUT2D eigenvalue weighted by atomic mass is 10.1. The molecule has 12 heteroatoms. The summed E-state index contributed by atoms with van der Waals surface area (Å²) in [6, 6.07) is 0. The van der Waals surface area contributed by atoms with Crippen molar-refractivity contribution in [1.82, 2.24) is 24.8 Å². The molecule has 0 unspecified atom stereocenters. The van der Waals surface area contributed by atoms with E-state index in [-0.39, 0.29) is 12.0 Å². The number of carbonyl (C=O) groups excluding carboxylic acids is 2. The summed E-state index contributed by atoms with van der Waals surface area (Å²) in [6.07, 6.45) is 11.0. The van der Waals surface area contributed by atoms with E-state index in [1.807, 2.05) is 49.9 Å². The summed E-state index contributed by atoms with van der Waals surface area (Å²) in [5, 5.41) is 0.976. The van der Waals surface area contributed by atoms with Gasteiger partial charge in [-0.1, -0.05) is 21.6 Å². The number of nitrogens with zero attached hydrogens (tertiary/aromatic N) is 5. The van der Waals surface area contributed by atoms with Gasteiger partial charge in [-0.05, 0) is 64.2 Å². The number of thioether (sulfide) groups is 1. The Hall–Kier alpha value is -2.31. The van der Waals surface area contributed by atoms with Crippen molar-refractivity contribution in [1.29, 1.82) is 0 Å². The zero-order valence-corrected chi connectivity index (χ0v) is 25.3. The molecule has 3 aliphatic rings. The third kappa shape index (κ3) is 6.45. The van der Waals surface area contributed by atoms with Crippen LogP contribution in [0.4, 0.5) is 10.6 Å². The number of aromatic amines is 1. The van der Waals surface area contributed by atoms with Crippen molar-refractivity contribution in [2.75, 3.05) is 49.3 Å². The monoisotopic (exact) mass is 576 g/mol. The minimum atomic E-state index is -0.555. The molecular weight excluding hydrogens is 541 g/mol. The maximum Gasteiger partial charge on any atom is 0.414 e. The molecule has 2 amide bonds. The van der Waals surface area contributed by atoms with Crippen LogP contribution in [-0.4, -0.2) is 86.8 Å². The number of carbonyl (C=O) groups is 2. The van der Waals surface area contributed by atoms with E-state index in [1.54, 1.807) is 44.6 Å². The van der Waals surface area contributed by atoms with Crippen molar-refractivity contribution in [3.8, 4) is 0 Å². The first-order valence-corrected chi connectivity index (χ1v) is 16.6. The summed E-state index contributed by atoms with van der Waals surface area (Å²) in [5.74, 6) is 1.59. The molecule has 0 atom stereocenters. The van der Waals surface area contributed by atoms with Crippen LogP contribution in [-0.2, 0) is 9.53 Å². The van der Waals surface area contributed by atoms with Crippen molar-refractivity contribution < 1.29 is 14.3 Å². The fraction of sp³-hybridized carbons (Fsp3) is 0.538. The van der Waals surface area contributed by atoms with Crippen LogP contribution in [0.2, 0.25) is 0 Å². The van der Waals surface area contributed by atoms with E-state index in [0.29, 0.717) is 24.5 Å². The van der Waals surface area contributed by atoms with Crippen LogP contribution in [0.5, 0.6) is 0 Å². The molecule has 5 rings (SSSR count). The topological polar surface area (TPSA) is 94.7 Å². The summed E-state index contributed by atoms with van der Waals surface area (Å²) in [7, 11) is 3.55. The van der Waals surface area contributed by atoms with Crippen molar-refractivity contribution in [3.05, 3.63) is 40.5 Å². The van der Waals surface area contributed by atoms with Crippen molar-refractivity contribution in [2.45, 2.75) is 46.1 Å². The third-order valence-electron chi connectivity index (χ3n) is 6.38. The van der Waals surface area contributed by atoms with Crippen LogP contribution in [0.3, 0.4) is 0 Å². The van der Waals surface area contributed by atoms with Gasteiger partial charge in [-0.25, -0.2) is 14.8 Å². The standard InChI is InChI=1S/C24H30N6O3S.C2H6S2/c1-15-10-25-20-19(15)21(27-14-26-20)28-8-9-34-18(13-28)22(31)29-11-16-6-5-7-30(17(16)12-29)23(32)33-24(2,3)4;1-3-4-2/h10,13-14H,5-9,11-12H2,1-4H3,(H,25,26,27);1-2H3. The molecule has 0 spiro atoms. The Bertz CT molecular complexity index is 1250. The molecule has 0 aromatic carbocycles. The predicted molar refractivity (Wildman–Crippen MR) is 159 cm³/mol. The number of aryl methyl sites for hydroxylation is 1. The lowest BCUT2D eigenvalue weighted by Gasteiger charge is -2.31. The summed E-state index contributed by atoms with van der Waals surface area (Å²) in [4.78, 5) is 44.6. The van der Waals surface area contributed by atoms with E-state index in [4.69, 9.17) is 4.74 Å². The number of aromatic nitrogens is 3. The number of ether oxygens (including phenoxy) is 1. The molecule has 38 heavy (non-hydrogen) atoms. The largest absolute Gasteiger partial charge is 0.443 e. The molecule has 2 aromatic heterocycles. The highest BCUT2D eigenvalue weighted by atomic mass is 33.1. The fourth-order valence-corrected chi connectivity index (χ4v) is 5.63. The lowest BCUT2D eigenvalue weighted by molar-refractivity contribution is -0.125. The van der Waals surface area contributed by atoms with E-state index < -0.39 is 5.60 Å². The van der Waals surface area contributed by atoms with E-state index in [1.165, 1.54) is 0 Å². The number of hydrogen-bond donors (Lipinski definition) is 1. The highest BCUT2D eigenvalue weighted by Crippen LogP contribution is 2.35. The van der Waals surface area contributed by atoms with Gasteiger partial charge in [-0.2, -0.15) is 0 Å². The van der Waals surface area contributed by atoms with Gasteiger partial charge in [0.05, 0.1) is 16.8 Å². The maximum absolute atomic E-state index is 13.5. The molecule has 0 radical (unpaired) electrons. The molecule has 0 saturated carbocycles.